The van der Waals surface area contributed by atoms with E-state index in [0.717, 1.165) is 17.2 Å². The van der Waals surface area contributed by atoms with E-state index in [4.69, 9.17) is 16.1 Å². The molecule has 6 heteroatoms. The number of hydrogen-bond acceptors (Lipinski definition) is 4. The zero-order valence-electron chi connectivity index (χ0n) is 12.7. The Bertz CT molecular complexity index is 920. The summed E-state index contributed by atoms with van der Waals surface area (Å²) in [7, 11) is 0. The van der Waals surface area contributed by atoms with Crippen molar-refractivity contribution < 1.29 is 18.8 Å². The largest absolute Gasteiger partial charge is 0.505 e. The minimum Gasteiger partial charge on any atom is -0.505 e. The summed E-state index contributed by atoms with van der Waals surface area (Å²) in [5.74, 6) is -1.17. The Labute approximate surface area is 142 Å². The van der Waals surface area contributed by atoms with E-state index in [1.54, 1.807) is 12.1 Å². The van der Waals surface area contributed by atoms with Crippen LogP contribution in [0.3, 0.4) is 0 Å². The molecule has 0 saturated heterocycles. The van der Waals surface area contributed by atoms with Gasteiger partial charge in [-0.05, 0) is 42.3 Å². The highest BCUT2D eigenvalue weighted by Gasteiger charge is 2.16. The molecule has 24 heavy (non-hydrogen) atoms. The number of nitrogens with zero attached hydrogens (tertiary/aromatic N) is 1. The average molecular weight is 346 g/mol. The maximum Gasteiger partial charge on any atom is 0.189 e. The first-order valence-electron chi connectivity index (χ1n) is 7.18. The summed E-state index contributed by atoms with van der Waals surface area (Å²) in [6.07, 6.45) is 0.146. The van der Waals surface area contributed by atoms with E-state index in [1.165, 1.54) is 18.2 Å². The van der Waals surface area contributed by atoms with Gasteiger partial charge in [-0.2, -0.15) is 0 Å². The molecule has 3 aromatic rings. The van der Waals surface area contributed by atoms with E-state index >= 15 is 0 Å². The lowest BCUT2D eigenvalue weighted by Crippen LogP contribution is -2.05. The molecule has 0 aliphatic carbocycles. The number of hydrogen-bond donors (Lipinski definition) is 1. The summed E-state index contributed by atoms with van der Waals surface area (Å²) >= 11 is 6.06. The molecule has 0 radical (unpaired) electrons. The van der Waals surface area contributed by atoms with Crippen molar-refractivity contribution in [2.45, 2.75) is 13.3 Å². The molecule has 1 heterocycles. The molecule has 0 aliphatic heterocycles. The lowest BCUT2D eigenvalue weighted by atomic mass is 10.0. The van der Waals surface area contributed by atoms with Crippen molar-refractivity contribution in [2.24, 2.45) is 0 Å². The molecule has 0 bridgehead atoms. The third kappa shape index (κ3) is 3.16. The van der Waals surface area contributed by atoms with Crippen LogP contribution >= 0.6 is 11.6 Å². The SMILES string of the molecule is Cc1c(Cl)cccc1CC(=O)c1cc(-c2ccc(F)c(O)c2)on1. The smallest absolute Gasteiger partial charge is 0.189 e. The maximum atomic E-state index is 13.1. The second-order valence-corrected chi connectivity index (χ2v) is 5.77. The second-order valence-electron chi connectivity index (χ2n) is 5.37. The molecule has 1 N–H and O–H groups in total. The number of carbonyl (C=O) groups is 1. The Morgan fingerprint density at radius 3 is 2.83 bits per heavy atom. The fourth-order valence-electron chi connectivity index (χ4n) is 2.32. The van der Waals surface area contributed by atoms with E-state index in [2.05, 4.69) is 5.16 Å². The standard InChI is InChI=1S/C18H13ClFNO3/c1-10-11(3-2-4-13(10)19)7-17(23)15-9-18(24-21-15)12-5-6-14(20)16(22)8-12/h2-6,8-9,22H,7H2,1H3. The Hall–Kier alpha value is -2.66. The zero-order valence-corrected chi connectivity index (χ0v) is 13.5. The number of benzene rings is 2. The predicted octanol–water partition coefficient (Wildman–Crippen LogP) is 4.57. The number of ketones is 1. The van der Waals surface area contributed by atoms with Crippen LogP contribution in [0, 0.1) is 12.7 Å². The molecule has 0 amide bonds. The minimum absolute atomic E-state index is 0.146. The Balaban J connectivity index is 1.83. The first-order chi connectivity index (χ1) is 11.5. The molecule has 4 nitrogen and oxygen atoms in total. The van der Waals surface area contributed by atoms with Crippen molar-refractivity contribution in [3.63, 3.8) is 0 Å². The molecule has 2 aromatic carbocycles. The van der Waals surface area contributed by atoms with Gasteiger partial charge in [0.2, 0.25) is 0 Å². The van der Waals surface area contributed by atoms with Crippen molar-refractivity contribution in [1.29, 1.82) is 0 Å². The lowest BCUT2D eigenvalue weighted by Gasteiger charge is -2.05. The van der Waals surface area contributed by atoms with Gasteiger partial charge in [0.15, 0.2) is 28.8 Å². The van der Waals surface area contributed by atoms with Crippen molar-refractivity contribution in [1.82, 2.24) is 5.16 Å². The third-order valence-corrected chi connectivity index (χ3v) is 4.17. The van der Waals surface area contributed by atoms with Crippen molar-refractivity contribution >= 4 is 17.4 Å². The highest BCUT2D eigenvalue weighted by molar-refractivity contribution is 6.31. The van der Waals surface area contributed by atoms with E-state index in [0.29, 0.717) is 10.6 Å². The van der Waals surface area contributed by atoms with Crippen LogP contribution in [0.4, 0.5) is 4.39 Å². The molecule has 1 aromatic heterocycles. The van der Waals surface area contributed by atoms with Crippen LogP contribution in [0.15, 0.2) is 47.0 Å². The molecule has 0 aliphatic rings. The third-order valence-electron chi connectivity index (χ3n) is 3.76. The molecular formula is C18H13ClFNO3. The molecule has 0 atom stereocenters. The fourth-order valence-corrected chi connectivity index (χ4v) is 2.51. The molecule has 0 spiro atoms. The van der Waals surface area contributed by atoms with Gasteiger partial charge in [-0.3, -0.25) is 4.79 Å². The van der Waals surface area contributed by atoms with Crippen LogP contribution in [0.1, 0.15) is 21.6 Å². The number of rotatable bonds is 4. The lowest BCUT2D eigenvalue weighted by molar-refractivity contribution is 0.0984. The van der Waals surface area contributed by atoms with Gasteiger partial charge < -0.3 is 9.63 Å². The van der Waals surface area contributed by atoms with E-state index in [9.17, 15) is 14.3 Å². The van der Waals surface area contributed by atoms with Gasteiger partial charge in [0.25, 0.3) is 0 Å². The van der Waals surface area contributed by atoms with Crippen LogP contribution < -0.4 is 0 Å². The normalized spacial score (nSPS) is 10.8. The number of Topliss-reactive ketones (excluding diaryl/α,β-unsaturated/α-hetero) is 1. The topological polar surface area (TPSA) is 63.3 Å². The maximum absolute atomic E-state index is 13.1. The van der Waals surface area contributed by atoms with Crippen LogP contribution in [0.5, 0.6) is 5.75 Å². The highest BCUT2D eigenvalue weighted by atomic mass is 35.5. The van der Waals surface area contributed by atoms with Crippen LogP contribution in [0.2, 0.25) is 5.02 Å². The quantitative estimate of drug-likeness (QED) is 0.703. The first-order valence-corrected chi connectivity index (χ1v) is 7.56. The van der Waals surface area contributed by atoms with Crippen LogP contribution in [-0.2, 0) is 6.42 Å². The van der Waals surface area contributed by atoms with Gasteiger partial charge in [-0.15, -0.1) is 0 Å². The van der Waals surface area contributed by atoms with E-state index in [1.807, 2.05) is 13.0 Å². The molecule has 0 unspecified atom stereocenters. The Kier molecular flexibility index (Phi) is 4.36. The Morgan fingerprint density at radius 2 is 2.08 bits per heavy atom. The van der Waals surface area contributed by atoms with E-state index in [-0.39, 0.29) is 23.7 Å². The predicted molar refractivity (Wildman–Crippen MR) is 87.8 cm³/mol. The summed E-state index contributed by atoms with van der Waals surface area (Å²) in [5.41, 5.74) is 2.25. The Morgan fingerprint density at radius 1 is 1.29 bits per heavy atom. The van der Waals surface area contributed by atoms with Crippen molar-refractivity contribution in [2.75, 3.05) is 0 Å². The number of phenolic OH excluding ortho intramolecular Hbond substituents is 1. The van der Waals surface area contributed by atoms with Crippen LogP contribution in [0.25, 0.3) is 11.3 Å². The van der Waals surface area contributed by atoms with Gasteiger partial charge >= 0.3 is 0 Å². The van der Waals surface area contributed by atoms with Crippen LogP contribution in [-0.4, -0.2) is 16.0 Å². The number of phenols is 1. The second kappa shape index (κ2) is 6.45. The molecule has 3 rings (SSSR count). The van der Waals surface area contributed by atoms with Gasteiger partial charge in [-0.1, -0.05) is 28.9 Å². The number of aromatic nitrogens is 1. The summed E-state index contributed by atoms with van der Waals surface area (Å²) in [6, 6.07) is 10.6. The molecule has 0 saturated carbocycles. The zero-order chi connectivity index (χ0) is 17.3. The summed E-state index contributed by atoms with van der Waals surface area (Å²) in [4.78, 5) is 12.4. The molecule has 0 fully saturated rings. The van der Waals surface area contributed by atoms with Gasteiger partial charge in [0, 0.05) is 23.1 Å². The number of halogens is 2. The van der Waals surface area contributed by atoms with Gasteiger partial charge in [0.1, 0.15) is 0 Å². The summed E-state index contributed by atoms with van der Waals surface area (Å²) < 4.78 is 18.2. The first kappa shape index (κ1) is 16.2. The number of aromatic hydroxyl groups is 1. The molecular weight excluding hydrogens is 333 g/mol. The molecule has 122 valence electrons. The summed E-state index contributed by atoms with van der Waals surface area (Å²) in [5, 5.41) is 13.8. The summed E-state index contributed by atoms with van der Waals surface area (Å²) in [6.45, 7) is 1.85. The monoisotopic (exact) mass is 345 g/mol. The van der Waals surface area contributed by atoms with Gasteiger partial charge in [0.05, 0.1) is 0 Å². The van der Waals surface area contributed by atoms with Crippen molar-refractivity contribution in [3.8, 4) is 17.1 Å². The number of carbonyl (C=O) groups excluding carboxylic acids is 1. The highest BCUT2D eigenvalue weighted by Crippen LogP contribution is 2.27. The van der Waals surface area contributed by atoms with Crippen molar-refractivity contribution in [3.05, 3.63) is 70.1 Å². The average Bonchev–Trinajstić information content (AvgIpc) is 3.04. The van der Waals surface area contributed by atoms with Gasteiger partial charge in [-0.25, -0.2) is 4.39 Å². The van der Waals surface area contributed by atoms with E-state index < -0.39 is 11.6 Å². The fraction of sp³-hybridized carbons (Fsp3) is 0.111. The minimum atomic E-state index is -0.731.